The zero-order valence-electron chi connectivity index (χ0n) is 19.4. The highest BCUT2D eigenvalue weighted by molar-refractivity contribution is 5.22. The van der Waals surface area contributed by atoms with Crippen molar-refractivity contribution in [3.63, 3.8) is 0 Å². The SMILES string of the molecule is O[C@H](C=C[C@@H]1[C@H]2CC(CCCCCN3CCCCC3)=C[C@H]2C[C@H]1O)COc1ccccc1. The minimum atomic E-state index is -0.657. The fourth-order valence-corrected chi connectivity index (χ4v) is 5.85. The van der Waals surface area contributed by atoms with E-state index in [0.717, 1.165) is 18.6 Å². The van der Waals surface area contributed by atoms with Gasteiger partial charge in [-0.25, -0.2) is 0 Å². The number of aliphatic hydroxyl groups excluding tert-OH is 2. The Bertz CT molecular complexity index is 740. The molecule has 4 heteroatoms. The summed E-state index contributed by atoms with van der Waals surface area (Å²) in [6, 6.07) is 9.57. The first-order valence-electron chi connectivity index (χ1n) is 12.8. The molecule has 3 aliphatic rings. The Kier molecular flexibility index (Phi) is 8.84. The summed E-state index contributed by atoms with van der Waals surface area (Å²) >= 11 is 0. The van der Waals surface area contributed by atoms with Gasteiger partial charge in [-0.05, 0) is 88.5 Å². The highest BCUT2D eigenvalue weighted by Crippen LogP contribution is 2.48. The molecule has 2 aliphatic carbocycles. The zero-order chi connectivity index (χ0) is 22.2. The third-order valence-corrected chi connectivity index (χ3v) is 7.59. The quantitative estimate of drug-likeness (QED) is 0.377. The lowest BCUT2D eigenvalue weighted by atomic mass is 9.88. The van der Waals surface area contributed by atoms with Crippen LogP contribution in [0.1, 0.15) is 57.8 Å². The molecule has 32 heavy (non-hydrogen) atoms. The van der Waals surface area contributed by atoms with Crippen molar-refractivity contribution in [1.29, 1.82) is 0 Å². The number of piperidine rings is 1. The van der Waals surface area contributed by atoms with Crippen LogP contribution in [0.15, 0.2) is 54.1 Å². The van der Waals surface area contributed by atoms with Gasteiger partial charge in [-0.15, -0.1) is 0 Å². The van der Waals surface area contributed by atoms with Crippen LogP contribution < -0.4 is 4.74 Å². The number of benzene rings is 1. The highest BCUT2D eigenvalue weighted by atomic mass is 16.5. The number of unbranched alkanes of at least 4 members (excludes halogenated alkanes) is 2. The van der Waals surface area contributed by atoms with E-state index >= 15 is 0 Å². The van der Waals surface area contributed by atoms with Gasteiger partial charge in [0.1, 0.15) is 18.5 Å². The average Bonchev–Trinajstić information content (AvgIpc) is 3.33. The number of allylic oxidation sites excluding steroid dienone is 2. The normalized spacial score (nSPS) is 29.2. The number of hydrogen-bond donors (Lipinski definition) is 2. The second-order valence-corrected chi connectivity index (χ2v) is 10.0. The van der Waals surface area contributed by atoms with E-state index in [1.807, 2.05) is 42.5 Å². The van der Waals surface area contributed by atoms with Crippen LogP contribution in [0.3, 0.4) is 0 Å². The summed E-state index contributed by atoms with van der Waals surface area (Å²) in [6.07, 6.45) is 16.7. The minimum absolute atomic E-state index is 0.138. The number of aliphatic hydroxyl groups is 2. The second kappa shape index (κ2) is 12.0. The summed E-state index contributed by atoms with van der Waals surface area (Å²) < 4.78 is 5.64. The smallest absolute Gasteiger partial charge is 0.119 e. The van der Waals surface area contributed by atoms with Gasteiger partial charge < -0.3 is 19.8 Å². The van der Waals surface area contributed by atoms with Crippen molar-refractivity contribution in [3.8, 4) is 5.75 Å². The number of para-hydroxylation sites is 1. The molecular weight excluding hydrogens is 398 g/mol. The van der Waals surface area contributed by atoms with Crippen molar-refractivity contribution in [2.45, 2.75) is 70.0 Å². The lowest BCUT2D eigenvalue weighted by Gasteiger charge is -2.26. The van der Waals surface area contributed by atoms with Gasteiger partial charge >= 0.3 is 0 Å². The molecule has 1 saturated carbocycles. The summed E-state index contributed by atoms with van der Waals surface area (Å²) in [4.78, 5) is 2.64. The van der Waals surface area contributed by atoms with E-state index in [9.17, 15) is 10.2 Å². The van der Waals surface area contributed by atoms with E-state index in [-0.39, 0.29) is 18.6 Å². The molecule has 4 rings (SSSR count). The molecule has 4 nitrogen and oxygen atoms in total. The van der Waals surface area contributed by atoms with Crippen LogP contribution in [0.4, 0.5) is 0 Å². The topological polar surface area (TPSA) is 52.9 Å². The van der Waals surface area contributed by atoms with E-state index in [0.29, 0.717) is 11.8 Å². The third-order valence-electron chi connectivity index (χ3n) is 7.59. The number of rotatable bonds is 11. The predicted molar refractivity (Wildman–Crippen MR) is 130 cm³/mol. The van der Waals surface area contributed by atoms with Crippen LogP contribution in [-0.2, 0) is 0 Å². The van der Waals surface area contributed by atoms with Crippen LogP contribution in [0, 0.1) is 17.8 Å². The number of hydrogen-bond acceptors (Lipinski definition) is 4. The number of ether oxygens (including phenoxy) is 1. The summed E-state index contributed by atoms with van der Waals surface area (Å²) in [5, 5.41) is 20.9. The molecule has 2 fully saturated rings. The molecule has 1 aromatic rings. The second-order valence-electron chi connectivity index (χ2n) is 10.0. The first-order valence-corrected chi connectivity index (χ1v) is 12.8. The van der Waals surface area contributed by atoms with Gasteiger partial charge in [0.15, 0.2) is 0 Å². The monoisotopic (exact) mass is 439 g/mol. The largest absolute Gasteiger partial charge is 0.491 e. The molecule has 5 atom stereocenters. The van der Waals surface area contributed by atoms with Gasteiger partial charge in [-0.1, -0.05) is 54.8 Å². The summed E-state index contributed by atoms with van der Waals surface area (Å²) in [5.41, 5.74) is 1.59. The molecule has 1 aliphatic heterocycles. The molecule has 1 heterocycles. The Labute approximate surface area is 194 Å². The van der Waals surface area contributed by atoms with E-state index in [1.165, 1.54) is 64.6 Å². The summed E-state index contributed by atoms with van der Waals surface area (Å²) in [6.45, 7) is 4.12. The Hall–Kier alpha value is -1.62. The molecular formula is C28H41NO3. The Morgan fingerprint density at radius 1 is 1.06 bits per heavy atom. The Balaban J connectivity index is 1.16. The molecule has 1 saturated heterocycles. The molecule has 1 aromatic carbocycles. The molecule has 0 radical (unpaired) electrons. The van der Waals surface area contributed by atoms with Crippen LogP contribution in [0.5, 0.6) is 5.75 Å². The van der Waals surface area contributed by atoms with Crippen LogP contribution in [0.25, 0.3) is 0 Å². The van der Waals surface area contributed by atoms with Crippen LogP contribution in [0.2, 0.25) is 0 Å². The van der Waals surface area contributed by atoms with E-state index in [2.05, 4.69) is 11.0 Å². The maximum atomic E-state index is 10.6. The highest BCUT2D eigenvalue weighted by Gasteiger charge is 2.43. The van der Waals surface area contributed by atoms with Crippen LogP contribution in [-0.4, -0.2) is 53.6 Å². The van der Waals surface area contributed by atoms with Crippen molar-refractivity contribution in [1.82, 2.24) is 4.90 Å². The molecule has 0 aromatic heterocycles. The van der Waals surface area contributed by atoms with Gasteiger partial charge in [0, 0.05) is 5.92 Å². The fourth-order valence-electron chi connectivity index (χ4n) is 5.85. The Morgan fingerprint density at radius 2 is 1.88 bits per heavy atom. The van der Waals surface area contributed by atoms with Crippen molar-refractivity contribution in [3.05, 3.63) is 54.1 Å². The van der Waals surface area contributed by atoms with E-state index in [4.69, 9.17) is 4.74 Å². The molecule has 0 spiro atoms. The summed E-state index contributed by atoms with van der Waals surface area (Å²) in [7, 11) is 0. The number of likely N-dealkylation sites (tertiary alicyclic amines) is 1. The molecule has 2 N–H and O–H groups in total. The lowest BCUT2D eigenvalue weighted by Crippen LogP contribution is -2.30. The van der Waals surface area contributed by atoms with Crippen molar-refractivity contribution in [2.24, 2.45) is 17.8 Å². The van der Waals surface area contributed by atoms with Crippen molar-refractivity contribution < 1.29 is 14.9 Å². The standard InChI is InChI=1S/C28H41NO3/c30-24(21-32-25-11-5-1-6-12-25)13-14-26-27-19-22(18-23(27)20-28(26)31)10-4-2-7-15-29-16-8-3-9-17-29/h1,5-6,11-14,18,23-24,26-28,30-31H,2-4,7-10,15-17,19-21H2/t23-,24+,26+,27-,28+/m0/s1. The fraction of sp³-hybridized carbons (Fsp3) is 0.643. The molecule has 0 bridgehead atoms. The van der Waals surface area contributed by atoms with Crippen molar-refractivity contribution >= 4 is 0 Å². The average molecular weight is 440 g/mol. The number of fused-ring (bicyclic) bond motifs is 1. The third kappa shape index (κ3) is 6.69. The maximum absolute atomic E-state index is 10.6. The Morgan fingerprint density at radius 3 is 2.69 bits per heavy atom. The zero-order valence-corrected chi connectivity index (χ0v) is 19.4. The van der Waals surface area contributed by atoms with Gasteiger partial charge in [0.05, 0.1) is 6.10 Å². The van der Waals surface area contributed by atoms with Crippen molar-refractivity contribution in [2.75, 3.05) is 26.2 Å². The summed E-state index contributed by atoms with van der Waals surface area (Å²) in [5.74, 6) is 1.90. The van der Waals surface area contributed by atoms with Gasteiger partial charge in [0.25, 0.3) is 0 Å². The van der Waals surface area contributed by atoms with Gasteiger partial charge in [0.2, 0.25) is 0 Å². The van der Waals surface area contributed by atoms with E-state index < -0.39 is 6.10 Å². The first-order chi connectivity index (χ1) is 15.7. The molecule has 0 amide bonds. The maximum Gasteiger partial charge on any atom is 0.119 e. The first kappa shape index (κ1) is 23.5. The minimum Gasteiger partial charge on any atom is -0.491 e. The predicted octanol–water partition coefficient (Wildman–Crippen LogP) is 4.97. The lowest BCUT2D eigenvalue weighted by molar-refractivity contribution is 0.133. The van der Waals surface area contributed by atoms with Gasteiger partial charge in [-0.2, -0.15) is 0 Å². The van der Waals surface area contributed by atoms with E-state index in [1.54, 1.807) is 5.57 Å². The van der Waals surface area contributed by atoms with Crippen LogP contribution >= 0.6 is 0 Å². The molecule has 0 unspecified atom stereocenters. The number of nitrogens with zero attached hydrogens (tertiary/aromatic N) is 1. The van der Waals surface area contributed by atoms with Gasteiger partial charge in [-0.3, -0.25) is 0 Å². The molecule has 176 valence electrons.